The van der Waals surface area contributed by atoms with Gasteiger partial charge in [0.2, 0.25) is 0 Å². The number of hydrogen-bond donors (Lipinski definition) is 1. The van der Waals surface area contributed by atoms with Crippen molar-refractivity contribution < 1.29 is 17.9 Å². The van der Waals surface area contributed by atoms with Crippen LogP contribution in [-0.4, -0.2) is 20.4 Å². The van der Waals surface area contributed by atoms with Gasteiger partial charge in [0, 0.05) is 11.5 Å². The van der Waals surface area contributed by atoms with Crippen LogP contribution in [0.4, 0.5) is 0 Å². The maximum Gasteiger partial charge on any atom is 0.275 e. The van der Waals surface area contributed by atoms with Gasteiger partial charge in [0.15, 0.2) is 6.10 Å². The summed E-state index contributed by atoms with van der Waals surface area (Å²) >= 11 is 0. The fourth-order valence-corrected chi connectivity index (χ4v) is 3.41. The van der Waals surface area contributed by atoms with Gasteiger partial charge in [-0.3, -0.25) is 4.79 Å². The van der Waals surface area contributed by atoms with E-state index in [2.05, 4.69) is 4.72 Å². The Bertz CT molecular complexity index is 875. The number of fused-ring (bicyclic) bond motifs is 1. The quantitative estimate of drug-likeness (QED) is 0.926. The van der Waals surface area contributed by atoms with E-state index in [-0.39, 0.29) is 5.92 Å². The molecule has 2 aromatic rings. The molecular formula is C18H17NO4S. The summed E-state index contributed by atoms with van der Waals surface area (Å²) in [6.45, 7) is 1.84. The van der Waals surface area contributed by atoms with Gasteiger partial charge in [-0.15, -0.1) is 0 Å². The number of para-hydroxylation sites is 1. The monoisotopic (exact) mass is 343 g/mol. The molecule has 0 radical (unpaired) electrons. The molecule has 0 saturated carbocycles. The fraction of sp³-hybridized carbons (Fsp3) is 0.167. The van der Waals surface area contributed by atoms with Crippen molar-refractivity contribution in [1.82, 2.24) is 4.72 Å². The molecule has 2 atom stereocenters. The highest BCUT2D eigenvalue weighted by atomic mass is 32.2. The summed E-state index contributed by atoms with van der Waals surface area (Å²) in [5.41, 5.74) is 1.63. The maximum absolute atomic E-state index is 12.3. The van der Waals surface area contributed by atoms with Gasteiger partial charge < -0.3 is 4.74 Å². The number of sulfonamides is 1. The van der Waals surface area contributed by atoms with Crippen LogP contribution in [0.1, 0.15) is 24.0 Å². The third-order valence-corrected chi connectivity index (χ3v) is 4.84. The highest BCUT2D eigenvalue weighted by Gasteiger charge is 2.37. The van der Waals surface area contributed by atoms with Gasteiger partial charge in [-0.05, 0) is 17.7 Å². The van der Waals surface area contributed by atoms with Crippen molar-refractivity contribution in [1.29, 1.82) is 0 Å². The molecule has 124 valence electrons. The molecule has 1 amide bonds. The first-order chi connectivity index (χ1) is 11.5. The van der Waals surface area contributed by atoms with Gasteiger partial charge in [-0.25, -0.2) is 13.1 Å². The number of hydrogen-bond acceptors (Lipinski definition) is 4. The Labute approximate surface area is 141 Å². The zero-order chi connectivity index (χ0) is 17.2. The number of ether oxygens (including phenoxy) is 1. The van der Waals surface area contributed by atoms with Gasteiger partial charge >= 0.3 is 0 Å². The number of carbonyl (C=O) groups is 1. The van der Waals surface area contributed by atoms with Crippen LogP contribution in [0.15, 0.2) is 60.0 Å². The molecule has 3 rings (SSSR count). The zero-order valence-electron chi connectivity index (χ0n) is 13.0. The van der Waals surface area contributed by atoms with Crippen LogP contribution in [0.3, 0.4) is 0 Å². The van der Waals surface area contributed by atoms with Gasteiger partial charge in [-0.2, -0.15) is 0 Å². The predicted octanol–water partition coefficient (Wildman–Crippen LogP) is 2.67. The second-order valence-corrected chi connectivity index (χ2v) is 7.16. The summed E-state index contributed by atoms with van der Waals surface area (Å²) in [5.74, 6) is -0.270. The molecule has 0 fully saturated rings. The van der Waals surface area contributed by atoms with Crippen molar-refractivity contribution in [2.75, 3.05) is 0 Å². The van der Waals surface area contributed by atoms with E-state index in [1.54, 1.807) is 30.3 Å². The predicted molar refractivity (Wildman–Crippen MR) is 91.8 cm³/mol. The molecule has 1 heterocycles. The Balaban J connectivity index is 1.70. The van der Waals surface area contributed by atoms with Crippen LogP contribution < -0.4 is 9.46 Å². The Kier molecular flexibility index (Phi) is 4.40. The molecule has 0 aromatic heterocycles. The fourth-order valence-electron chi connectivity index (χ4n) is 2.61. The van der Waals surface area contributed by atoms with Crippen LogP contribution in [0.25, 0.3) is 6.08 Å². The largest absolute Gasteiger partial charge is 0.480 e. The number of rotatable bonds is 4. The molecule has 24 heavy (non-hydrogen) atoms. The Hall–Kier alpha value is -2.60. The van der Waals surface area contributed by atoms with Gasteiger partial charge in [-0.1, -0.05) is 55.5 Å². The second kappa shape index (κ2) is 6.49. The van der Waals surface area contributed by atoms with E-state index in [1.165, 1.54) is 6.08 Å². The van der Waals surface area contributed by atoms with Crippen molar-refractivity contribution in [2.24, 2.45) is 0 Å². The van der Waals surface area contributed by atoms with Crippen molar-refractivity contribution in [3.8, 4) is 5.75 Å². The number of carbonyl (C=O) groups excluding carboxylic acids is 1. The van der Waals surface area contributed by atoms with E-state index in [1.807, 2.05) is 31.2 Å². The van der Waals surface area contributed by atoms with Crippen molar-refractivity contribution in [3.63, 3.8) is 0 Å². The van der Waals surface area contributed by atoms with Gasteiger partial charge in [0.1, 0.15) is 5.75 Å². The summed E-state index contributed by atoms with van der Waals surface area (Å²) in [5, 5.41) is 0.979. The normalized spacial score (nSPS) is 19.7. The molecule has 0 bridgehead atoms. The lowest BCUT2D eigenvalue weighted by Gasteiger charge is -2.14. The van der Waals surface area contributed by atoms with Gasteiger partial charge in [0.25, 0.3) is 15.9 Å². The van der Waals surface area contributed by atoms with Crippen LogP contribution in [-0.2, 0) is 14.8 Å². The molecular weight excluding hydrogens is 326 g/mol. The standard InChI is InChI=1S/C18H17NO4S/c1-13-15-9-5-6-10-16(15)23-17(13)18(20)19-24(21,22)12-11-14-7-3-2-4-8-14/h2-13,17H,1H3,(H,19,20)/b12-11+/t13-,17+/m1/s1. The molecule has 2 aromatic carbocycles. The van der Waals surface area contributed by atoms with Gasteiger partial charge in [0.05, 0.1) is 5.41 Å². The number of benzene rings is 2. The lowest BCUT2D eigenvalue weighted by Crippen LogP contribution is -2.41. The molecule has 0 saturated heterocycles. The molecule has 1 N–H and O–H groups in total. The minimum atomic E-state index is -3.89. The molecule has 6 heteroatoms. The Morgan fingerprint density at radius 3 is 2.46 bits per heavy atom. The average molecular weight is 343 g/mol. The number of nitrogens with one attached hydrogen (secondary N) is 1. The molecule has 0 unspecified atom stereocenters. The van der Waals surface area contributed by atoms with E-state index in [9.17, 15) is 13.2 Å². The minimum Gasteiger partial charge on any atom is -0.480 e. The summed E-state index contributed by atoms with van der Waals surface area (Å²) in [4.78, 5) is 12.3. The van der Waals surface area contributed by atoms with E-state index in [4.69, 9.17) is 4.74 Å². The summed E-state index contributed by atoms with van der Waals surface area (Å²) < 4.78 is 31.8. The van der Waals surface area contributed by atoms with E-state index >= 15 is 0 Å². The van der Waals surface area contributed by atoms with E-state index in [0.717, 1.165) is 16.5 Å². The Morgan fingerprint density at radius 1 is 1.08 bits per heavy atom. The maximum atomic E-state index is 12.3. The third kappa shape index (κ3) is 3.49. The zero-order valence-corrected chi connectivity index (χ0v) is 13.9. The molecule has 5 nitrogen and oxygen atoms in total. The first kappa shape index (κ1) is 16.3. The first-order valence-corrected chi connectivity index (χ1v) is 9.06. The van der Waals surface area contributed by atoms with E-state index in [0.29, 0.717) is 5.75 Å². The van der Waals surface area contributed by atoms with Crippen LogP contribution >= 0.6 is 0 Å². The summed E-state index contributed by atoms with van der Waals surface area (Å²) in [6, 6.07) is 16.3. The second-order valence-electron chi connectivity index (χ2n) is 5.59. The minimum absolute atomic E-state index is 0.213. The Morgan fingerprint density at radius 2 is 1.75 bits per heavy atom. The lowest BCUT2D eigenvalue weighted by molar-refractivity contribution is -0.126. The molecule has 1 aliphatic heterocycles. The van der Waals surface area contributed by atoms with E-state index < -0.39 is 22.0 Å². The smallest absolute Gasteiger partial charge is 0.275 e. The number of amides is 1. The van der Waals surface area contributed by atoms with Crippen LogP contribution in [0.2, 0.25) is 0 Å². The summed E-state index contributed by atoms with van der Waals surface area (Å²) in [7, 11) is -3.89. The highest BCUT2D eigenvalue weighted by Crippen LogP contribution is 2.37. The molecule has 0 spiro atoms. The van der Waals surface area contributed by atoms with Crippen molar-refractivity contribution in [3.05, 3.63) is 71.1 Å². The highest BCUT2D eigenvalue weighted by molar-refractivity contribution is 7.93. The average Bonchev–Trinajstić information content (AvgIpc) is 2.91. The van der Waals surface area contributed by atoms with Crippen molar-refractivity contribution in [2.45, 2.75) is 18.9 Å². The van der Waals surface area contributed by atoms with Crippen LogP contribution in [0.5, 0.6) is 5.75 Å². The molecule has 0 aliphatic carbocycles. The SMILES string of the molecule is C[C@@H]1c2ccccc2O[C@@H]1C(=O)NS(=O)(=O)/C=C/c1ccccc1. The topological polar surface area (TPSA) is 72.5 Å². The summed E-state index contributed by atoms with van der Waals surface area (Å²) in [6.07, 6.45) is 0.575. The first-order valence-electron chi connectivity index (χ1n) is 7.52. The molecule has 1 aliphatic rings. The third-order valence-electron chi connectivity index (χ3n) is 3.86. The van der Waals surface area contributed by atoms with Crippen LogP contribution in [0, 0.1) is 0 Å². The lowest BCUT2D eigenvalue weighted by atomic mass is 9.97. The van der Waals surface area contributed by atoms with Crippen molar-refractivity contribution >= 4 is 22.0 Å².